The number of hydroxylamine groups is 2. The second kappa shape index (κ2) is 4.94. The van der Waals surface area contributed by atoms with Crippen molar-refractivity contribution in [3.05, 3.63) is 30.1 Å². The van der Waals surface area contributed by atoms with E-state index in [0.717, 1.165) is 5.06 Å². The Morgan fingerprint density at radius 1 is 1.69 bits per heavy atom. The Morgan fingerprint density at radius 2 is 2.46 bits per heavy atom. The Hall–Kier alpha value is -0.940. The zero-order valence-electron chi connectivity index (χ0n) is 7.11. The van der Waals surface area contributed by atoms with Gasteiger partial charge in [0, 0.05) is 13.2 Å². The van der Waals surface area contributed by atoms with E-state index in [0.29, 0.717) is 5.69 Å². The van der Waals surface area contributed by atoms with Crippen LogP contribution in [0.1, 0.15) is 10.5 Å². The van der Waals surface area contributed by atoms with Crippen LogP contribution in [0.2, 0.25) is 0 Å². The summed E-state index contributed by atoms with van der Waals surface area (Å²) in [6.07, 6.45) is 1.56. The molecule has 0 N–H and O–H groups in total. The number of rotatable bonds is 3. The molecule has 1 amide bonds. The Morgan fingerprint density at radius 3 is 3.00 bits per heavy atom. The topological polar surface area (TPSA) is 42.4 Å². The van der Waals surface area contributed by atoms with E-state index in [-0.39, 0.29) is 11.4 Å². The van der Waals surface area contributed by atoms with E-state index in [2.05, 4.69) is 20.9 Å². The van der Waals surface area contributed by atoms with Crippen LogP contribution in [0.15, 0.2) is 24.4 Å². The van der Waals surface area contributed by atoms with Crippen molar-refractivity contribution in [1.29, 1.82) is 0 Å². The summed E-state index contributed by atoms with van der Waals surface area (Å²) in [5.41, 5.74) is 0.646. The van der Waals surface area contributed by atoms with Gasteiger partial charge in [-0.15, -0.1) is 0 Å². The first-order valence-corrected chi connectivity index (χ1v) is 4.76. The van der Waals surface area contributed by atoms with Crippen molar-refractivity contribution in [2.24, 2.45) is 0 Å². The molecule has 0 unspecified atom stereocenters. The lowest BCUT2D eigenvalue weighted by Crippen LogP contribution is -2.27. The van der Waals surface area contributed by atoms with Gasteiger partial charge in [-0.1, -0.05) is 22.0 Å². The summed E-state index contributed by atoms with van der Waals surface area (Å²) in [6.45, 7) is 0. The zero-order valence-corrected chi connectivity index (χ0v) is 8.69. The van der Waals surface area contributed by atoms with Crippen LogP contribution >= 0.6 is 15.9 Å². The molecule has 5 heteroatoms. The van der Waals surface area contributed by atoms with Crippen molar-refractivity contribution in [2.75, 3.05) is 12.6 Å². The third-order valence-corrected chi connectivity index (χ3v) is 1.62. The maximum atomic E-state index is 11.5. The van der Waals surface area contributed by atoms with E-state index < -0.39 is 0 Å². The van der Waals surface area contributed by atoms with Crippen LogP contribution in [0.4, 0.5) is 0 Å². The number of hydrogen-bond acceptors (Lipinski definition) is 3. The summed E-state index contributed by atoms with van der Waals surface area (Å²) in [4.78, 5) is 20.3. The van der Waals surface area contributed by atoms with E-state index in [1.165, 1.54) is 7.05 Å². The van der Waals surface area contributed by atoms with E-state index in [1.807, 2.05) is 0 Å². The first-order chi connectivity index (χ1) is 6.25. The van der Waals surface area contributed by atoms with Crippen LogP contribution in [0.5, 0.6) is 0 Å². The van der Waals surface area contributed by atoms with Crippen LogP contribution in [0, 0.1) is 0 Å². The zero-order chi connectivity index (χ0) is 9.68. The summed E-state index contributed by atoms with van der Waals surface area (Å²) in [5, 5.41) is 1.14. The molecule has 4 nitrogen and oxygen atoms in total. The average molecular weight is 245 g/mol. The van der Waals surface area contributed by atoms with Crippen molar-refractivity contribution in [3.63, 3.8) is 0 Å². The molecule has 0 aliphatic carbocycles. The standard InChI is InChI=1S/C8H9BrN2O2/c1-11(13-6-9)8(12)7-4-2-3-5-10-7/h2-5H,6H2,1H3. The largest absolute Gasteiger partial charge is 0.295 e. The van der Waals surface area contributed by atoms with Gasteiger partial charge < -0.3 is 0 Å². The summed E-state index contributed by atoms with van der Waals surface area (Å²) in [5.74, 6) is -0.264. The number of pyridine rings is 1. The van der Waals surface area contributed by atoms with Crippen molar-refractivity contribution in [1.82, 2.24) is 10.0 Å². The molecule has 1 aromatic heterocycles. The molecule has 0 saturated carbocycles. The lowest BCUT2D eigenvalue weighted by molar-refractivity contribution is -0.0822. The van der Waals surface area contributed by atoms with Crippen molar-refractivity contribution in [2.45, 2.75) is 0 Å². The molecular weight excluding hydrogens is 236 g/mol. The van der Waals surface area contributed by atoms with Gasteiger partial charge in [0.05, 0.1) is 0 Å². The van der Waals surface area contributed by atoms with Gasteiger partial charge in [-0.05, 0) is 12.1 Å². The Bertz CT molecular complexity index is 279. The van der Waals surface area contributed by atoms with Crippen LogP contribution in [0.25, 0.3) is 0 Å². The van der Waals surface area contributed by atoms with Crippen molar-refractivity contribution >= 4 is 21.8 Å². The number of carbonyl (C=O) groups is 1. The highest BCUT2D eigenvalue weighted by atomic mass is 79.9. The fourth-order valence-electron chi connectivity index (χ4n) is 0.782. The molecule has 13 heavy (non-hydrogen) atoms. The molecule has 0 radical (unpaired) electrons. The quantitative estimate of drug-likeness (QED) is 0.597. The highest BCUT2D eigenvalue weighted by Crippen LogP contribution is 2.00. The second-order valence-corrected chi connectivity index (χ2v) is 2.71. The maximum Gasteiger partial charge on any atom is 0.295 e. The molecule has 0 aliphatic heterocycles. The third kappa shape index (κ3) is 2.78. The first kappa shape index (κ1) is 10.1. The minimum Gasteiger partial charge on any atom is -0.265 e. The Balaban J connectivity index is 2.68. The molecule has 0 fully saturated rings. The smallest absolute Gasteiger partial charge is 0.265 e. The summed E-state index contributed by atoms with van der Waals surface area (Å²) >= 11 is 3.05. The van der Waals surface area contributed by atoms with Crippen LogP contribution in [-0.2, 0) is 4.84 Å². The number of hydrogen-bond donors (Lipinski definition) is 0. The first-order valence-electron chi connectivity index (χ1n) is 3.63. The molecule has 0 spiro atoms. The second-order valence-electron chi connectivity index (χ2n) is 2.26. The lowest BCUT2D eigenvalue weighted by Gasteiger charge is -2.13. The highest BCUT2D eigenvalue weighted by molar-refractivity contribution is 9.09. The summed E-state index contributed by atoms with van der Waals surface area (Å²) in [6, 6.07) is 5.14. The predicted molar refractivity (Wildman–Crippen MR) is 51.2 cm³/mol. The number of aromatic nitrogens is 1. The van der Waals surface area contributed by atoms with E-state index in [9.17, 15) is 4.79 Å². The van der Waals surface area contributed by atoms with E-state index in [1.54, 1.807) is 24.4 Å². The lowest BCUT2D eigenvalue weighted by atomic mass is 10.3. The van der Waals surface area contributed by atoms with Crippen LogP contribution in [0.3, 0.4) is 0 Å². The number of nitrogens with zero attached hydrogens (tertiary/aromatic N) is 2. The molecule has 0 saturated heterocycles. The van der Waals surface area contributed by atoms with Gasteiger partial charge in [-0.2, -0.15) is 0 Å². The van der Waals surface area contributed by atoms with E-state index in [4.69, 9.17) is 4.84 Å². The minimum absolute atomic E-state index is 0.264. The van der Waals surface area contributed by atoms with Gasteiger partial charge in [-0.3, -0.25) is 14.6 Å². The molecule has 0 bridgehead atoms. The predicted octanol–water partition coefficient (Wildman–Crippen LogP) is 1.44. The minimum atomic E-state index is -0.264. The number of alkyl halides is 1. The van der Waals surface area contributed by atoms with Crippen LogP contribution < -0.4 is 0 Å². The number of halogens is 1. The van der Waals surface area contributed by atoms with Gasteiger partial charge in [0.2, 0.25) is 0 Å². The molecule has 0 aromatic carbocycles. The molecule has 0 aliphatic rings. The van der Waals surface area contributed by atoms with Gasteiger partial charge in [0.25, 0.3) is 5.91 Å². The fraction of sp³-hybridized carbons (Fsp3) is 0.250. The fourth-order valence-corrected chi connectivity index (χ4v) is 1.09. The molecule has 70 valence electrons. The molecule has 1 rings (SSSR count). The molecular formula is C8H9BrN2O2. The highest BCUT2D eigenvalue weighted by Gasteiger charge is 2.11. The van der Waals surface area contributed by atoms with Gasteiger partial charge in [0.15, 0.2) is 0 Å². The summed E-state index contributed by atoms with van der Waals surface area (Å²) < 4.78 is 0. The molecule has 1 heterocycles. The number of amides is 1. The Kier molecular flexibility index (Phi) is 3.85. The molecule has 0 atom stereocenters. The molecule has 1 aromatic rings. The van der Waals surface area contributed by atoms with Gasteiger partial charge >= 0.3 is 0 Å². The van der Waals surface area contributed by atoms with Gasteiger partial charge in [0.1, 0.15) is 11.2 Å². The normalized spacial score (nSPS) is 9.69. The average Bonchev–Trinajstić information content (AvgIpc) is 2.18. The number of carbonyl (C=O) groups excluding carboxylic acids is 1. The Labute approximate surface area is 84.6 Å². The monoisotopic (exact) mass is 244 g/mol. The SMILES string of the molecule is CN(OCBr)C(=O)c1ccccn1. The van der Waals surface area contributed by atoms with E-state index >= 15 is 0 Å². The van der Waals surface area contributed by atoms with Crippen molar-refractivity contribution in [3.8, 4) is 0 Å². The van der Waals surface area contributed by atoms with Gasteiger partial charge in [-0.25, -0.2) is 5.06 Å². The summed E-state index contributed by atoms with van der Waals surface area (Å²) in [7, 11) is 1.54. The van der Waals surface area contributed by atoms with Crippen LogP contribution in [-0.4, -0.2) is 28.5 Å². The van der Waals surface area contributed by atoms with Crippen molar-refractivity contribution < 1.29 is 9.63 Å². The third-order valence-electron chi connectivity index (χ3n) is 1.41. The maximum absolute atomic E-state index is 11.5.